The van der Waals surface area contributed by atoms with E-state index in [4.69, 9.17) is 4.74 Å². The van der Waals surface area contributed by atoms with Gasteiger partial charge in [-0.05, 0) is 38.3 Å². The third kappa shape index (κ3) is 4.50. The van der Waals surface area contributed by atoms with Gasteiger partial charge in [0.25, 0.3) is 0 Å². The van der Waals surface area contributed by atoms with Crippen molar-refractivity contribution < 1.29 is 9.53 Å². The van der Waals surface area contributed by atoms with Gasteiger partial charge in [-0.3, -0.25) is 4.98 Å². The van der Waals surface area contributed by atoms with Crippen molar-refractivity contribution in [2.24, 2.45) is 0 Å². The highest BCUT2D eigenvalue weighted by Crippen LogP contribution is 2.15. The average molecular weight is 282 g/mol. The number of ether oxygens (including phenoxy) is 1. The van der Waals surface area contributed by atoms with Crippen molar-refractivity contribution in [3.8, 4) is 11.8 Å². The molecule has 4 heteroatoms. The van der Waals surface area contributed by atoms with Crippen LogP contribution in [0.1, 0.15) is 26.3 Å². The van der Waals surface area contributed by atoms with E-state index in [1.807, 2.05) is 45.0 Å². The van der Waals surface area contributed by atoms with Crippen molar-refractivity contribution >= 4 is 16.9 Å². The number of carbonyl (C=O) groups excluding carboxylic acids is 1. The summed E-state index contributed by atoms with van der Waals surface area (Å²) >= 11 is 0. The molecule has 0 unspecified atom stereocenters. The van der Waals surface area contributed by atoms with E-state index in [1.165, 1.54) is 0 Å². The van der Waals surface area contributed by atoms with Crippen LogP contribution in [-0.2, 0) is 4.74 Å². The second kappa shape index (κ2) is 6.27. The van der Waals surface area contributed by atoms with Crippen molar-refractivity contribution in [3.63, 3.8) is 0 Å². The van der Waals surface area contributed by atoms with E-state index in [9.17, 15) is 4.79 Å². The zero-order chi connectivity index (χ0) is 15.3. The molecule has 0 bridgehead atoms. The molecule has 1 amide bonds. The fraction of sp³-hybridized carbons (Fsp3) is 0.294. The summed E-state index contributed by atoms with van der Waals surface area (Å²) in [6.07, 6.45) is 3.08. The Kier molecular flexibility index (Phi) is 4.44. The van der Waals surface area contributed by atoms with E-state index in [2.05, 4.69) is 22.1 Å². The lowest BCUT2D eigenvalue weighted by Gasteiger charge is -2.19. The normalized spacial score (nSPS) is 10.6. The Hall–Kier alpha value is -2.54. The first-order valence-electron chi connectivity index (χ1n) is 6.74. The summed E-state index contributed by atoms with van der Waals surface area (Å²) in [5.74, 6) is 5.97. The Morgan fingerprint density at radius 1 is 1.33 bits per heavy atom. The predicted octanol–water partition coefficient (Wildman–Crippen LogP) is 3.11. The van der Waals surface area contributed by atoms with Crippen molar-refractivity contribution in [2.45, 2.75) is 26.4 Å². The lowest BCUT2D eigenvalue weighted by Crippen LogP contribution is -2.32. The molecule has 2 rings (SSSR count). The molecule has 0 radical (unpaired) electrons. The van der Waals surface area contributed by atoms with Crippen molar-refractivity contribution in [2.75, 3.05) is 6.54 Å². The van der Waals surface area contributed by atoms with Gasteiger partial charge in [-0.15, -0.1) is 0 Å². The van der Waals surface area contributed by atoms with E-state index in [-0.39, 0.29) is 6.54 Å². The van der Waals surface area contributed by atoms with Crippen LogP contribution in [-0.4, -0.2) is 23.2 Å². The smallest absolute Gasteiger partial charge is 0.408 e. The quantitative estimate of drug-likeness (QED) is 0.818. The van der Waals surface area contributed by atoms with Crippen LogP contribution in [0, 0.1) is 11.8 Å². The summed E-state index contributed by atoms with van der Waals surface area (Å²) in [4.78, 5) is 15.6. The van der Waals surface area contributed by atoms with E-state index < -0.39 is 11.7 Å². The summed E-state index contributed by atoms with van der Waals surface area (Å²) in [5.41, 5.74) is 0.394. The molecule has 4 nitrogen and oxygen atoms in total. The van der Waals surface area contributed by atoms with Crippen LogP contribution < -0.4 is 5.32 Å². The Labute approximate surface area is 124 Å². The predicted molar refractivity (Wildman–Crippen MR) is 82.9 cm³/mol. The van der Waals surface area contributed by atoms with Gasteiger partial charge in [0.05, 0.1) is 6.54 Å². The molecular formula is C17H18N2O2. The number of hydrogen-bond donors (Lipinski definition) is 1. The highest BCUT2D eigenvalue weighted by Gasteiger charge is 2.14. The average Bonchev–Trinajstić information content (AvgIpc) is 2.42. The van der Waals surface area contributed by atoms with Crippen LogP contribution in [0.3, 0.4) is 0 Å². The first kappa shape index (κ1) is 14.9. The van der Waals surface area contributed by atoms with Crippen molar-refractivity contribution in [1.29, 1.82) is 0 Å². The van der Waals surface area contributed by atoms with Gasteiger partial charge in [0.15, 0.2) is 0 Å². The van der Waals surface area contributed by atoms with E-state index in [0.29, 0.717) is 0 Å². The topological polar surface area (TPSA) is 51.2 Å². The molecule has 0 spiro atoms. The molecule has 0 saturated carbocycles. The Balaban J connectivity index is 2.01. The van der Waals surface area contributed by atoms with Crippen LogP contribution in [0.5, 0.6) is 0 Å². The lowest BCUT2D eigenvalue weighted by atomic mass is 10.1. The number of amides is 1. The van der Waals surface area contributed by atoms with E-state index in [1.54, 1.807) is 12.4 Å². The number of nitrogens with zero attached hydrogens (tertiary/aromatic N) is 1. The number of benzene rings is 1. The summed E-state index contributed by atoms with van der Waals surface area (Å²) in [6.45, 7) is 5.70. The number of fused-ring (bicyclic) bond motifs is 1. The van der Waals surface area contributed by atoms with E-state index >= 15 is 0 Å². The van der Waals surface area contributed by atoms with Crippen LogP contribution in [0.25, 0.3) is 10.8 Å². The molecule has 1 aromatic carbocycles. The molecule has 21 heavy (non-hydrogen) atoms. The molecule has 108 valence electrons. The second-order valence-electron chi connectivity index (χ2n) is 5.56. The molecule has 0 atom stereocenters. The molecule has 1 heterocycles. The molecule has 0 aliphatic carbocycles. The fourth-order valence-corrected chi connectivity index (χ4v) is 1.79. The van der Waals surface area contributed by atoms with Crippen molar-refractivity contribution in [3.05, 3.63) is 42.2 Å². The molecular weight excluding hydrogens is 264 g/mol. The fourth-order valence-electron chi connectivity index (χ4n) is 1.79. The van der Waals surface area contributed by atoms with Crippen LogP contribution in [0.15, 0.2) is 36.7 Å². The van der Waals surface area contributed by atoms with E-state index in [0.717, 1.165) is 16.3 Å². The maximum atomic E-state index is 11.5. The minimum Gasteiger partial charge on any atom is -0.444 e. The van der Waals surface area contributed by atoms with Crippen LogP contribution in [0.2, 0.25) is 0 Å². The molecule has 1 aromatic heterocycles. The number of nitrogens with one attached hydrogen (secondary N) is 1. The first-order valence-corrected chi connectivity index (χ1v) is 6.74. The monoisotopic (exact) mass is 282 g/mol. The number of pyridine rings is 1. The molecule has 0 saturated heterocycles. The van der Waals surface area contributed by atoms with Crippen molar-refractivity contribution in [1.82, 2.24) is 10.3 Å². The maximum absolute atomic E-state index is 11.5. The second-order valence-corrected chi connectivity index (χ2v) is 5.56. The Morgan fingerprint density at radius 2 is 2.14 bits per heavy atom. The Bertz CT molecular complexity index is 701. The van der Waals surface area contributed by atoms with Crippen LogP contribution >= 0.6 is 0 Å². The molecule has 2 aromatic rings. The number of alkyl carbamates (subject to hydrolysis) is 1. The molecule has 1 N–H and O–H groups in total. The highest BCUT2D eigenvalue weighted by molar-refractivity contribution is 5.87. The summed E-state index contributed by atoms with van der Waals surface area (Å²) < 4.78 is 5.13. The summed E-state index contributed by atoms with van der Waals surface area (Å²) in [5, 5.41) is 4.71. The number of aromatic nitrogens is 1. The number of carbonyl (C=O) groups is 1. The zero-order valence-corrected chi connectivity index (χ0v) is 12.4. The van der Waals surface area contributed by atoms with Gasteiger partial charge in [-0.25, -0.2) is 4.79 Å². The molecule has 0 aliphatic rings. The summed E-state index contributed by atoms with van der Waals surface area (Å²) in [6, 6.07) is 7.85. The van der Waals surface area contributed by atoms with Gasteiger partial charge < -0.3 is 10.1 Å². The zero-order valence-electron chi connectivity index (χ0n) is 12.4. The third-order valence-corrected chi connectivity index (χ3v) is 2.63. The number of hydrogen-bond acceptors (Lipinski definition) is 3. The standard InChI is InChI=1S/C17H18N2O2/c1-17(2,3)21-16(20)19-10-5-8-13-6-4-7-14-9-11-18-12-15(13)14/h4,6-7,9,11-12H,10H2,1-3H3,(H,19,20). The number of rotatable bonds is 1. The molecule has 0 aliphatic heterocycles. The first-order chi connectivity index (χ1) is 9.96. The van der Waals surface area contributed by atoms with Gasteiger partial charge in [0, 0.05) is 23.3 Å². The van der Waals surface area contributed by atoms with Gasteiger partial charge in [0.2, 0.25) is 0 Å². The minimum absolute atomic E-state index is 0.242. The SMILES string of the molecule is CC(C)(C)OC(=O)NCC#Cc1cccc2ccncc12. The van der Waals surface area contributed by atoms with Gasteiger partial charge in [-0.2, -0.15) is 0 Å². The largest absolute Gasteiger partial charge is 0.444 e. The molecule has 0 fully saturated rings. The summed E-state index contributed by atoms with van der Waals surface area (Å²) in [7, 11) is 0. The Morgan fingerprint density at radius 3 is 2.90 bits per heavy atom. The van der Waals surface area contributed by atoms with Gasteiger partial charge in [0.1, 0.15) is 5.60 Å². The van der Waals surface area contributed by atoms with Gasteiger partial charge >= 0.3 is 6.09 Å². The highest BCUT2D eigenvalue weighted by atomic mass is 16.6. The third-order valence-electron chi connectivity index (χ3n) is 2.63. The van der Waals surface area contributed by atoms with Crippen LogP contribution in [0.4, 0.5) is 4.79 Å². The maximum Gasteiger partial charge on any atom is 0.408 e. The van der Waals surface area contributed by atoms with Gasteiger partial charge in [-0.1, -0.05) is 24.0 Å². The lowest BCUT2D eigenvalue weighted by molar-refractivity contribution is 0.0535. The minimum atomic E-state index is -0.501.